The highest BCUT2D eigenvalue weighted by atomic mass is 16.1. The summed E-state index contributed by atoms with van der Waals surface area (Å²) in [5.74, 6) is 0.152. The van der Waals surface area contributed by atoms with Gasteiger partial charge in [-0.05, 0) is 43.4 Å². The lowest BCUT2D eigenvalue weighted by Gasteiger charge is -2.47. The van der Waals surface area contributed by atoms with Crippen LogP contribution in [0.2, 0.25) is 0 Å². The molecule has 3 fully saturated rings. The lowest BCUT2D eigenvalue weighted by molar-refractivity contribution is 0.0354. The number of piperazine rings is 1. The maximum absolute atomic E-state index is 14.0. The third kappa shape index (κ3) is 5.19. The van der Waals surface area contributed by atoms with Gasteiger partial charge in [0, 0.05) is 63.9 Å². The second kappa shape index (κ2) is 11.8. The number of fused-ring (bicyclic) bond motifs is 1. The molecule has 2 aliphatic heterocycles. The van der Waals surface area contributed by atoms with E-state index in [1.807, 2.05) is 15.5 Å². The van der Waals surface area contributed by atoms with Gasteiger partial charge in [0.2, 0.25) is 0 Å². The van der Waals surface area contributed by atoms with Gasteiger partial charge >= 0.3 is 5.69 Å². The number of likely N-dealkylation sites (tertiary alicyclic amines) is 1. The molecule has 3 aliphatic rings. The summed E-state index contributed by atoms with van der Waals surface area (Å²) in [5.41, 5.74) is 9.53. The number of nitrogens with zero attached hydrogens (tertiary/aromatic N) is 5. The molecule has 40 heavy (non-hydrogen) atoms. The quantitative estimate of drug-likeness (QED) is 0.277. The highest BCUT2D eigenvalue weighted by molar-refractivity contribution is 5.76. The Bertz CT molecular complexity index is 1340. The number of guanidine groups is 1. The largest absolute Gasteiger partial charge is 0.370 e. The molecule has 0 bridgehead atoms. The van der Waals surface area contributed by atoms with E-state index in [-0.39, 0.29) is 23.2 Å². The van der Waals surface area contributed by atoms with Gasteiger partial charge in [-0.3, -0.25) is 24.3 Å². The first-order chi connectivity index (χ1) is 19.6. The van der Waals surface area contributed by atoms with Crippen LogP contribution in [0.15, 0.2) is 59.4 Å². The maximum atomic E-state index is 14.0. The summed E-state index contributed by atoms with van der Waals surface area (Å²) in [6.07, 6.45) is 9.77. The Kier molecular flexibility index (Phi) is 7.98. The number of para-hydroxylation sites is 2. The molecule has 1 saturated carbocycles. The van der Waals surface area contributed by atoms with E-state index >= 15 is 0 Å². The van der Waals surface area contributed by atoms with Gasteiger partial charge in [-0.1, -0.05) is 68.1 Å². The molecule has 6 rings (SSSR count). The van der Waals surface area contributed by atoms with Crippen molar-refractivity contribution in [3.8, 4) is 0 Å². The summed E-state index contributed by atoms with van der Waals surface area (Å²) in [5, 5.41) is 7.68. The zero-order valence-corrected chi connectivity index (χ0v) is 23.8. The molecule has 8 heteroatoms. The minimum absolute atomic E-state index is 0.133. The minimum Gasteiger partial charge on any atom is -0.370 e. The fourth-order valence-electron chi connectivity index (χ4n) is 7.66. The van der Waals surface area contributed by atoms with Crippen molar-refractivity contribution < 1.29 is 0 Å². The molecule has 0 spiro atoms. The van der Waals surface area contributed by atoms with Gasteiger partial charge in [-0.25, -0.2) is 4.79 Å². The van der Waals surface area contributed by atoms with Crippen molar-refractivity contribution in [2.24, 2.45) is 5.73 Å². The highest BCUT2D eigenvalue weighted by Crippen LogP contribution is 2.43. The van der Waals surface area contributed by atoms with E-state index in [1.165, 1.54) is 44.1 Å². The number of benzene rings is 2. The van der Waals surface area contributed by atoms with Crippen LogP contribution in [-0.2, 0) is 12.1 Å². The van der Waals surface area contributed by atoms with Gasteiger partial charge in [0.25, 0.3) is 0 Å². The Labute approximate surface area is 237 Å². The predicted molar refractivity (Wildman–Crippen MR) is 162 cm³/mol. The van der Waals surface area contributed by atoms with Crippen molar-refractivity contribution in [3.63, 3.8) is 0 Å². The average Bonchev–Trinajstić information content (AvgIpc) is 3.12. The lowest BCUT2D eigenvalue weighted by atomic mass is 9.79. The number of hydrogen-bond acceptors (Lipinski definition) is 4. The molecule has 3 N–H and O–H groups in total. The van der Waals surface area contributed by atoms with Gasteiger partial charge in [0.15, 0.2) is 5.96 Å². The van der Waals surface area contributed by atoms with Gasteiger partial charge in [0.1, 0.15) is 0 Å². The number of imidazole rings is 1. The number of aromatic nitrogens is 2. The summed E-state index contributed by atoms with van der Waals surface area (Å²) in [6, 6.07) is 19.8. The smallest absolute Gasteiger partial charge is 0.329 e. The molecule has 3 heterocycles. The normalized spacial score (nSPS) is 21.4. The Hall–Kier alpha value is -3.10. The van der Waals surface area contributed by atoms with Crippen molar-refractivity contribution in [1.29, 1.82) is 5.41 Å². The van der Waals surface area contributed by atoms with Crippen LogP contribution in [0, 0.1) is 5.41 Å². The summed E-state index contributed by atoms with van der Waals surface area (Å²) in [4.78, 5) is 21.0. The number of nitrogens with one attached hydrogen (secondary N) is 1. The standard InChI is InChI=1S/C32H45N7O/c33-30(34)36-23-20-35(21-24-36)22-25-38-28-12-6-7-13-29(28)39(31(38)40)27-14-18-37(19-15-27)32(16-8-1-2-9-17-32)26-10-4-3-5-11-26/h3-7,10-13,27H,1-2,8-9,14-25H2,(H3,33,34). The number of nitrogens with two attached hydrogens (primary N) is 1. The summed E-state index contributed by atoms with van der Waals surface area (Å²) in [7, 11) is 0. The van der Waals surface area contributed by atoms with Crippen LogP contribution in [0.5, 0.6) is 0 Å². The van der Waals surface area contributed by atoms with Crippen molar-refractivity contribution >= 4 is 17.0 Å². The fourth-order valence-corrected chi connectivity index (χ4v) is 7.66. The van der Waals surface area contributed by atoms with Gasteiger partial charge in [0.05, 0.1) is 11.0 Å². The van der Waals surface area contributed by atoms with E-state index in [4.69, 9.17) is 11.1 Å². The zero-order chi connectivity index (χ0) is 27.5. The van der Waals surface area contributed by atoms with E-state index < -0.39 is 0 Å². The number of hydrogen-bond donors (Lipinski definition) is 2. The van der Waals surface area contributed by atoms with E-state index in [0.29, 0.717) is 6.54 Å². The summed E-state index contributed by atoms with van der Waals surface area (Å²) >= 11 is 0. The van der Waals surface area contributed by atoms with E-state index in [9.17, 15) is 4.79 Å². The SMILES string of the molecule is N=C(N)N1CCN(CCn2c(=O)n(C3CCN(C4(c5ccccc5)CCCCCC4)CC3)c3ccccc32)CC1. The Morgan fingerprint density at radius 1 is 0.800 bits per heavy atom. The van der Waals surface area contributed by atoms with Gasteiger partial charge < -0.3 is 10.6 Å². The lowest BCUT2D eigenvalue weighted by Crippen LogP contribution is -2.51. The molecule has 1 aliphatic carbocycles. The molecule has 2 saturated heterocycles. The number of rotatable bonds is 6. The topological polar surface area (TPSA) is 86.5 Å². The van der Waals surface area contributed by atoms with Crippen molar-refractivity contribution in [2.75, 3.05) is 45.8 Å². The Balaban J connectivity index is 1.20. The highest BCUT2D eigenvalue weighted by Gasteiger charge is 2.40. The molecule has 0 amide bonds. The van der Waals surface area contributed by atoms with E-state index in [2.05, 4.69) is 62.9 Å². The van der Waals surface area contributed by atoms with Crippen LogP contribution in [0.4, 0.5) is 0 Å². The fraction of sp³-hybridized carbons (Fsp3) is 0.562. The first kappa shape index (κ1) is 27.1. The second-order valence-electron chi connectivity index (χ2n) is 12.0. The summed E-state index contributed by atoms with van der Waals surface area (Å²) in [6.45, 7) is 6.87. The summed E-state index contributed by atoms with van der Waals surface area (Å²) < 4.78 is 4.11. The Morgan fingerprint density at radius 2 is 1.43 bits per heavy atom. The third-order valence-electron chi connectivity index (χ3n) is 9.90. The third-order valence-corrected chi connectivity index (χ3v) is 9.90. The molecule has 0 atom stereocenters. The molecule has 214 valence electrons. The van der Waals surface area contributed by atoms with Gasteiger partial charge in [-0.2, -0.15) is 0 Å². The molecule has 0 radical (unpaired) electrons. The van der Waals surface area contributed by atoms with E-state index in [0.717, 1.165) is 69.7 Å². The van der Waals surface area contributed by atoms with Gasteiger partial charge in [-0.15, -0.1) is 0 Å². The van der Waals surface area contributed by atoms with Crippen LogP contribution in [0.1, 0.15) is 63.0 Å². The minimum atomic E-state index is 0.133. The molecular weight excluding hydrogens is 498 g/mol. The first-order valence-electron chi connectivity index (χ1n) is 15.4. The van der Waals surface area contributed by atoms with E-state index in [1.54, 1.807) is 0 Å². The molecular formula is C32H45N7O. The predicted octanol–water partition coefficient (Wildman–Crippen LogP) is 4.20. The average molecular weight is 544 g/mol. The Morgan fingerprint density at radius 3 is 2.08 bits per heavy atom. The maximum Gasteiger partial charge on any atom is 0.329 e. The number of piperidine rings is 1. The van der Waals surface area contributed by atoms with Crippen LogP contribution >= 0.6 is 0 Å². The van der Waals surface area contributed by atoms with Crippen molar-refractivity contribution in [1.82, 2.24) is 23.8 Å². The van der Waals surface area contributed by atoms with Crippen molar-refractivity contribution in [2.45, 2.75) is 69.5 Å². The molecule has 1 aromatic heterocycles. The van der Waals surface area contributed by atoms with Crippen LogP contribution in [-0.4, -0.2) is 75.6 Å². The molecule has 8 nitrogen and oxygen atoms in total. The zero-order valence-electron chi connectivity index (χ0n) is 23.8. The first-order valence-corrected chi connectivity index (χ1v) is 15.4. The molecule has 0 unspecified atom stereocenters. The van der Waals surface area contributed by atoms with Crippen LogP contribution < -0.4 is 11.4 Å². The molecule has 2 aromatic carbocycles. The molecule has 3 aromatic rings. The second-order valence-corrected chi connectivity index (χ2v) is 12.0. The van der Waals surface area contributed by atoms with Crippen LogP contribution in [0.25, 0.3) is 11.0 Å². The monoisotopic (exact) mass is 543 g/mol. The van der Waals surface area contributed by atoms with Crippen LogP contribution in [0.3, 0.4) is 0 Å². The van der Waals surface area contributed by atoms with Crippen molar-refractivity contribution in [3.05, 3.63) is 70.6 Å².